The van der Waals surface area contributed by atoms with Crippen LogP contribution in [0, 0.1) is 0 Å². The summed E-state index contributed by atoms with van der Waals surface area (Å²) in [6.45, 7) is 4.00. The minimum absolute atomic E-state index is 0.152. The lowest BCUT2D eigenvalue weighted by molar-refractivity contribution is 0.0211. The molecule has 1 unspecified atom stereocenters. The molecule has 0 aromatic carbocycles. The van der Waals surface area contributed by atoms with Crippen molar-refractivity contribution < 1.29 is 5.11 Å². The van der Waals surface area contributed by atoms with Gasteiger partial charge in [-0.05, 0) is 45.6 Å². The first-order valence-corrected chi connectivity index (χ1v) is 5.16. The molecule has 2 rings (SSSR count). The van der Waals surface area contributed by atoms with Crippen molar-refractivity contribution in [3.8, 4) is 0 Å². The molecule has 1 atom stereocenters. The first-order valence-electron chi connectivity index (χ1n) is 5.16. The number of nitrogens with zero attached hydrogens (tertiary/aromatic N) is 1. The van der Waals surface area contributed by atoms with Gasteiger partial charge in [-0.15, -0.1) is 0 Å². The molecular formula is C10H19NO. The Balaban J connectivity index is 1.95. The summed E-state index contributed by atoms with van der Waals surface area (Å²) in [5.74, 6) is 0. The van der Waals surface area contributed by atoms with E-state index >= 15 is 0 Å². The lowest BCUT2D eigenvalue weighted by Gasteiger charge is -2.46. The quantitative estimate of drug-likeness (QED) is 0.675. The zero-order valence-corrected chi connectivity index (χ0v) is 7.92. The monoisotopic (exact) mass is 169 g/mol. The van der Waals surface area contributed by atoms with Crippen molar-refractivity contribution in [2.75, 3.05) is 13.1 Å². The smallest absolute Gasteiger partial charge is 0.0639 e. The minimum Gasteiger partial charge on any atom is -0.392 e. The van der Waals surface area contributed by atoms with Crippen LogP contribution in [0.1, 0.15) is 39.0 Å². The van der Waals surface area contributed by atoms with Gasteiger partial charge in [0.15, 0.2) is 0 Å². The van der Waals surface area contributed by atoms with Crippen LogP contribution in [-0.4, -0.2) is 34.7 Å². The Hall–Kier alpha value is -0.0800. The second kappa shape index (κ2) is 3.00. The Morgan fingerprint density at radius 3 is 2.50 bits per heavy atom. The van der Waals surface area contributed by atoms with Gasteiger partial charge in [0.2, 0.25) is 0 Å². The second-order valence-electron chi connectivity index (χ2n) is 4.48. The van der Waals surface area contributed by atoms with Gasteiger partial charge in [0.1, 0.15) is 0 Å². The van der Waals surface area contributed by atoms with Gasteiger partial charge in [0.25, 0.3) is 0 Å². The highest BCUT2D eigenvalue weighted by Gasteiger charge is 2.45. The van der Waals surface area contributed by atoms with Crippen molar-refractivity contribution >= 4 is 0 Å². The molecule has 1 heterocycles. The molecule has 0 aromatic heterocycles. The largest absolute Gasteiger partial charge is 0.392 e. The zero-order chi connectivity index (χ0) is 8.60. The van der Waals surface area contributed by atoms with E-state index in [1.54, 1.807) is 0 Å². The molecule has 2 aliphatic rings. The standard InChI is InChI=1S/C10H19NO/c1-9(12)8-11-7-3-6-10(11)4-2-5-10/h9,12H,2-8H2,1H3. The summed E-state index contributed by atoms with van der Waals surface area (Å²) in [4.78, 5) is 2.52. The number of hydrogen-bond donors (Lipinski definition) is 1. The molecule has 2 nitrogen and oxygen atoms in total. The van der Waals surface area contributed by atoms with E-state index in [4.69, 9.17) is 0 Å². The summed E-state index contributed by atoms with van der Waals surface area (Å²) in [5.41, 5.74) is 0.539. The highest BCUT2D eigenvalue weighted by molar-refractivity contribution is 5.01. The van der Waals surface area contributed by atoms with Crippen molar-refractivity contribution in [2.24, 2.45) is 0 Å². The number of rotatable bonds is 2. The molecule has 0 amide bonds. The number of β-amino-alcohol motifs (C(OH)–C–C–N with tert-alkyl or cyclic N) is 1. The molecule has 0 aromatic rings. The summed E-state index contributed by atoms with van der Waals surface area (Å²) in [7, 11) is 0. The van der Waals surface area contributed by atoms with E-state index in [9.17, 15) is 5.11 Å². The average Bonchev–Trinajstić information content (AvgIpc) is 2.28. The molecule has 2 heteroatoms. The maximum absolute atomic E-state index is 9.32. The minimum atomic E-state index is -0.152. The van der Waals surface area contributed by atoms with Crippen molar-refractivity contribution in [3.05, 3.63) is 0 Å². The highest BCUT2D eigenvalue weighted by atomic mass is 16.3. The van der Waals surface area contributed by atoms with Crippen molar-refractivity contribution in [3.63, 3.8) is 0 Å². The van der Waals surface area contributed by atoms with Crippen LogP contribution in [-0.2, 0) is 0 Å². The van der Waals surface area contributed by atoms with E-state index in [-0.39, 0.29) is 6.10 Å². The predicted octanol–water partition coefficient (Wildman–Crippen LogP) is 1.39. The fourth-order valence-electron chi connectivity index (χ4n) is 2.75. The van der Waals surface area contributed by atoms with Gasteiger partial charge in [-0.3, -0.25) is 4.90 Å². The Morgan fingerprint density at radius 2 is 2.00 bits per heavy atom. The van der Waals surface area contributed by atoms with E-state index in [1.807, 2.05) is 6.92 Å². The zero-order valence-electron chi connectivity index (χ0n) is 7.92. The van der Waals surface area contributed by atoms with Crippen molar-refractivity contribution in [1.29, 1.82) is 0 Å². The van der Waals surface area contributed by atoms with Crippen LogP contribution in [0.4, 0.5) is 0 Å². The molecule has 0 radical (unpaired) electrons. The van der Waals surface area contributed by atoms with Gasteiger partial charge in [0.05, 0.1) is 6.10 Å². The molecule has 1 saturated heterocycles. The summed E-state index contributed by atoms with van der Waals surface area (Å²) in [6.07, 6.45) is 6.71. The number of hydrogen-bond acceptors (Lipinski definition) is 2. The van der Waals surface area contributed by atoms with Crippen LogP contribution in [0.5, 0.6) is 0 Å². The first-order chi connectivity index (χ1) is 5.73. The molecule has 70 valence electrons. The van der Waals surface area contributed by atoms with E-state index in [1.165, 1.54) is 38.6 Å². The van der Waals surface area contributed by atoms with Gasteiger partial charge in [-0.25, -0.2) is 0 Å². The van der Waals surface area contributed by atoms with Crippen LogP contribution in [0.3, 0.4) is 0 Å². The normalized spacial score (nSPS) is 30.5. The van der Waals surface area contributed by atoms with E-state index < -0.39 is 0 Å². The van der Waals surface area contributed by atoms with Gasteiger partial charge < -0.3 is 5.11 Å². The molecule has 1 aliphatic heterocycles. The Morgan fingerprint density at radius 1 is 1.33 bits per heavy atom. The molecule has 12 heavy (non-hydrogen) atoms. The first kappa shape index (κ1) is 8.52. The molecule has 1 saturated carbocycles. The third-order valence-electron chi connectivity index (χ3n) is 3.51. The third kappa shape index (κ3) is 1.27. The summed E-state index contributed by atoms with van der Waals surface area (Å²) in [5, 5.41) is 9.32. The van der Waals surface area contributed by atoms with Crippen LogP contribution in [0.2, 0.25) is 0 Å². The summed E-state index contributed by atoms with van der Waals surface area (Å²) < 4.78 is 0. The fourth-order valence-corrected chi connectivity index (χ4v) is 2.75. The van der Waals surface area contributed by atoms with E-state index in [0.717, 1.165) is 6.54 Å². The lowest BCUT2D eigenvalue weighted by atomic mass is 9.75. The summed E-state index contributed by atoms with van der Waals surface area (Å²) in [6, 6.07) is 0. The highest BCUT2D eigenvalue weighted by Crippen LogP contribution is 2.45. The topological polar surface area (TPSA) is 23.5 Å². The number of aliphatic hydroxyl groups excluding tert-OH is 1. The molecule has 0 bridgehead atoms. The summed E-state index contributed by atoms with van der Waals surface area (Å²) >= 11 is 0. The van der Waals surface area contributed by atoms with Crippen LogP contribution in [0.15, 0.2) is 0 Å². The van der Waals surface area contributed by atoms with E-state index in [0.29, 0.717) is 5.54 Å². The molecule has 1 aliphatic carbocycles. The van der Waals surface area contributed by atoms with Crippen LogP contribution >= 0.6 is 0 Å². The molecular weight excluding hydrogens is 150 g/mol. The third-order valence-corrected chi connectivity index (χ3v) is 3.51. The molecule has 1 spiro atoms. The van der Waals surface area contributed by atoms with Crippen LogP contribution in [0.25, 0.3) is 0 Å². The predicted molar refractivity (Wildman–Crippen MR) is 49.1 cm³/mol. The van der Waals surface area contributed by atoms with Gasteiger partial charge >= 0.3 is 0 Å². The van der Waals surface area contributed by atoms with Crippen LogP contribution < -0.4 is 0 Å². The second-order valence-corrected chi connectivity index (χ2v) is 4.48. The van der Waals surface area contributed by atoms with Crippen molar-refractivity contribution in [1.82, 2.24) is 4.90 Å². The molecule has 1 N–H and O–H groups in total. The maximum Gasteiger partial charge on any atom is 0.0639 e. The van der Waals surface area contributed by atoms with Gasteiger partial charge in [-0.1, -0.05) is 0 Å². The SMILES string of the molecule is CC(O)CN1CCCC12CCC2. The van der Waals surface area contributed by atoms with Crippen molar-refractivity contribution in [2.45, 2.75) is 50.7 Å². The lowest BCUT2D eigenvalue weighted by Crippen LogP contribution is -2.51. The number of aliphatic hydroxyl groups is 1. The Labute approximate surface area is 74.6 Å². The average molecular weight is 169 g/mol. The Bertz CT molecular complexity index is 163. The van der Waals surface area contributed by atoms with Gasteiger partial charge in [-0.2, -0.15) is 0 Å². The fraction of sp³-hybridized carbons (Fsp3) is 1.00. The number of likely N-dealkylation sites (tertiary alicyclic amines) is 1. The maximum atomic E-state index is 9.32. The van der Waals surface area contributed by atoms with Gasteiger partial charge in [0, 0.05) is 12.1 Å². The molecule has 2 fully saturated rings. The van der Waals surface area contributed by atoms with E-state index in [2.05, 4.69) is 4.90 Å². The Kier molecular flexibility index (Phi) is 2.13.